The second kappa shape index (κ2) is 5.94. The molecular formula is C13H22N2OS. The van der Waals surface area contributed by atoms with Crippen LogP contribution in [-0.2, 0) is 17.6 Å². The molecule has 0 aliphatic heterocycles. The number of ether oxygens (including phenoxy) is 1. The van der Waals surface area contributed by atoms with Crippen LogP contribution in [0.4, 0.5) is 0 Å². The third-order valence-corrected chi connectivity index (χ3v) is 4.68. The van der Waals surface area contributed by atoms with Crippen molar-refractivity contribution in [1.29, 1.82) is 0 Å². The number of nitrogens with zero attached hydrogens (tertiary/aromatic N) is 1. The molecule has 4 heteroatoms. The van der Waals surface area contributed by atoms with Crippen LogP contribution in [0.2, 0.25) is 0 Å². The van der Waals surface area contributed by atoms with Gasteiger partial charge >= 0.3 is 0 Å². The first-order valence-corrected chi connectivity index (χ1v) is 7.22. The summed E-state index contributed by atoms with van der Waals surface area (Å²) in [5.41, 5.74) is 1.35. The highest BCUT2D eigenvalue weighted by atomic mass is 32.1. The van der Waals surface area contributed by atoms with Crippen LogP contribution in [0, 0.1) is 5.92 Å². The molecule has 0 radical (unpaired) electrons. The molecule has 1 aromatic rings. The van der Waals surface area contributed by atoms with Gasteiger partial charge in [0, 0.05) is 17.9 Å². The lowest BCUT2D eigenvalue weighted by Gasteiger charge is -2.20. The van der Waals surface area contributed by atoms with Gasteiger partial charge in [-0.15, -0.1) is 11.3 Å². The van der Waals surface area contributed by atoms with Gasteiger partial charge in [0.25, 0.3) is 0 Å². The van der Waals surface area contributed by atoms with E-state index in [1.165, 1.54) is 41.3 Å². The minimum absolute atomic E-state index is 0.325. The summed E-state index contributed by atoms with van der Waals surface area (Å²) in [4.78, 5) is 6.34. The number of hydrogen-bond donors (Lipinski definition) is 1. The zero-order valence-electron chi connectivity index (χ0n) is 11.0. The van der Waals surface area contributed by atoms with Crippen molar-refractivity contribution < 1.29 is 4.74 Å². The zero-order chi connectivity index (χ0) is 12.3. The molecule has 2 unspecified atom stereocenters. The first kappa shape index (κ1) is 13.0. The highest BCUT2D eigenvalue weighted by Gasteiger charge is 2.24. The van der Waals surface area contributed by atoms with Crippen LogP contribution >= 0.6 is 11.3 Å². The minimum Gasteiger partial charge on any atom is -0.384 e. The zero-order valence-corrected chi connectivity index (χ0v) is 11.8. The Morgan fingerprint density at radius 1 is 1.41 bits per heavy atom. The number of fused-ring (bicyclic) bond motifs is 1. The summed E-state index contributed by atoms with van der Waals surface area (Å²) in [7, 11) is 3.77. The van der Waals surface area contributed by atoms with Gasteiger partial charge in [-0.3, -0.25) is 0 Å². The number of methoxy groups -OCH3 is 1. The molecule has 0 spiro atoms. The molecule has 0 aromatic carbocycles. The molecule has 1 N–H and O–H groups in total. The number of hydrogen-bond acceptors (Lipinski definition) is 4. The van der Waals surface area contributed by atoms with Gasteiger partial charge in [-0.2, -0.15) is 0 Å². The molecule has 17 heavy (non-hydrogen) atoms. The Balaban J connectivity index is 2.16. The van der Waals surface area contributed by atoms with Crippen molar-refractivity contribution in [3.05, 3.63) is 15.6 Å². The van der Waals surface area contributed by atoms with E-state index in [2.05, 4.69) is 12.2 Å². The first-order chi connectivity index (χ1) is 8.26. The van der Waals surface area contributed by atoms with Crippen LogP contribution in [0.25, 0.3) is 0 Å². The van der Waals surface area contributed by atoms with Crippen LogP contribution < -0.4 is 5.32 Å². The van der Waals surface area contributed by atoms with Gasteiger partial charge < -0.3 is 10.1 Å². The molecule has 0 amide bonds. The molecule has 1 aliphatic carbocycles. The predicted molar refractivity (Wildman–Crippen MR) is 71.6 cm³/mol. The van der Waals surface area contributed by atoms with E-state index in [0.717, 1.165) is 6.61 Å². The van der Waals surface area contributed by atoms with Crippen molar-refractivity contribution in [2.24, 2.45) is 5.92 Å². The second-order valence-electron chi connectivity index (χ2n) is 4.83. The molecule has 2 rings (SSSR count). The van der Waals surface area contributed by atoms with Crippen molar-refractivity contribution >= 4 is 11.3 Å². The van der Waals surface area contributed by atoms with Crippen molar-refractivity contribution in [2.75, 3.05) is 20.8 Å². The third kappa shape index (κ3) is 2.87. The Morgan fingerprint density at radius 3 is 2.82 bits per heavy atom. The highest BCUT2D eigenvalue weighted by Crippen LogP contribution is 2.32. The molecule has 0 bridgehead atoms. The van der Waals surface area contributed by atoms with Crippen LogP contribution in [0.5, 0.6) is 0 Å². The molecule has 2 atom stereocenters. The van der Waals surface area contributed by atoms with E-state index < -0.39 is 0 Å². The summed E-state index contributed by atoms with van der Waals surface area (Å²) in [6.45, 7) is 2.99. The quantitative estimate of drug-likeness (QED) is 0.877. The van der Waals surface area contributed by atoms with Crippen LogP contribution in [0.15, 0.2) is 0 Å². The van der Waals surface area contributed by atoms with Crippen LogP contribution in [0.3, 0.4) is 0 Å². The number of thiazole rings is 1. The van der Waals surface area contributed by atoms with Crippen molar-refractivity contribution in [1.82, 2.24) is 10.3 Å². The minimum atomic E-state index is 0.325. The summed E-state index contributed by atoms with van der Waals surface area (Å²) in [5.74, 6) is 0.456. The summed E-state index contributed by atoms with van der Waals surface area (Å²) < 4.78 is 5.25. The Morgan fingerprint density at radius 2 is 2.18 bits per heavy atom. The van der Waals surface area contributed by atoms with E-state index in [0.29, 0.717) is 12.0 Å². The summed E-state index contributed by atoms with van der Waals surface area (Å²) in [6.07, 6.45) is 5.02. The lowest BCUT2D eigenvalue weighted by molar-refractivity contribution is 0.141. The van der Waals surface area contributed by atoms with Gasteiger partial charge in [0.05, 0.1) is 18.3 Å². The lowest BCUT2D eigenvalue weighted by atomic mass is 10.0. The summed E-state index contributed by atoms with van der Waals surface area (Å²) in [5, 5.41) is 4.62. The van der Waals surface area contributed by atoms with Gasteiger partial charge in [-0.25, -0.2) is 4.98 Å². The van der Waals surface area contributed by atoms with Crippen molar-refractivity contribution in [2.45, 2.75) is 38.6 Å². The summed E-state index contributed by atoms with van der Waals surface area (Å²) in [6, 6.07) is 0.325. The summed E-state index contributed by atoms with van der Waals surface area (Å²) >= 11 is 1.89. The van der Waals surface area contributed by atoms with E-state index >= 15 is 0 Å². The lowest BCUT2D eigenvalue weighted by Crippen LogP contribution is -2.26. The number of aromatic nitrogens is 1. The Bertz CT molecular complexity index is 341. The SMILES string of the molecule is CNC(c1nc2c(s1)CCCC2)C(C)COC. The van der Waals surface area contributed by atoms with E-state index in [9.17, 15) is 0 Å². The van der Waals surface area contributed by atoms with Crippen molar-refractivity contribution in [3.63, 3.8) is 0 Å². The normalized spacial score (nSPS) is 18.8. The Kier molecular flexibility index (Phi) is 4.54. The predicted octanol–water partition coefficient (Wildman–Crippen LogP) is 2.56. The molecule has 1 heterocycles. The average Bonchev–Trinajstić information content (AvgIpc) is 2.73. The fourth-order valence-electron chi connectivity index (χ4n) is 2.52. The second-order valence-corrected chi connectivity index (χ2v) is 5.94. The van der Waals surface area contributed by atoms with Crippen LogP contribution in [0.1, 0.15) is 41.4 Å². The third-order valence-electron chi connectivity index (χ3n) is 3.44. The van der Waals surface area contributed by atoms with E-state index in [4.69, 9.17) is 9.72 Å². The standard InChI is InChI=1S/C13H22N2OS/c1-9(8-16-3)12(14-2)13-15-10-6-4-5-7-11(10)17-13/h9,12,14H,4-8H2,1-3H3. The topological polar surface area (TPSA) is 34.2 Å². The number of nitrogens with one attached hydrogen (secondary N) is 1. The average molecular weight is 254 g/mol. The molecule has 0 saturated carbocycles. The molecule has 0 fully saturated rings. The molecule has 3 nitrogen and oxygen atoms in total. The van der Waals surface area contributed by atoms with Gasteiger partial charge in [-0.1, -0.05) is 6.92 Å². The Hall–Kier alpha value is -0.450. The van der Waals surface area contributed by atoms with E-state index in [1.54, 1.807) is 7.11 Å². The molecule has 96 valence electrons. The number of aryl methyl sites for hydroxylation is 2. The molecule has 0 saturated heterocycles. The van der Waals surface area contributed by atoms with Crippen molar-refractivity contribution in [3.8, 4) is 0 Å². The fraction of sp³-hybridized carbons (Fsp3) is 0.769. The fourth-order valence-corrected chi connectivity index (χ4v) is 3.91. The van der Waals surface area contributed by atoms with Gasteiger partial charge in [-0.05, 0) is 32.7 Å². The maximum absolute atomic E-state index is 5.25. The maximum atomic E-state index is 5.25. The van der Waals surface area contributed by atoms with E-state index in [1.807, 2.05) is 18.4 Å². The Labute approximate surface area is 108 Å². The van der Waals surface area contributed by atoms with Gasteiger partial charge in [0.1, 0.15) is 5.01 Å². The highest BCUT2D eigenvalue weighted by molar-refractivity contribution is 7.11. The van der Waals surface area contributed by atoms with E-state index in [-0.39, 0.29) is 0 Å². The van der Waals surface area contributed by atoms with Gasteiger partial charge in [0.15, 0.2) is 0 Å². The first-order valence-electron chi connectivity index (χ1n) is 6.41. The number of rotatable bonds is 5. The maximum Gasteiger partial charge on any atom is 0.110 e. The smallest absolute Gasteiger partial charge is 0.110 e. The van der Waals surface area contributed by atoms with Gasteiger partial charge in [0.2, 0.25) is 0 Å². The van der Waals surface area contributed by atoms with Crippen LogP contribution in [-0.4, -0.2) is 25.7 Å². The molecular weight excluding hydrogens is 232 g/mol. The molecule has 1 aliphatic rings. The largest absolute Gasteiger partial charge is 0.384 e. The monoisotopic (exact) mass is 254 g/mol. The molecule has 1 aromatic heterocycles.